The van der Waals surface area contributed by atoms with Crippen LogP contribution in [-0.2, 0) is 11.3 Å². The zero-order valence-corrected chi connectivity index (χ0v) is 21.1. The number of hydrogen-bond acceptors (Lipinski definition) is 6. The number of aromatic hydroxyl groups is 1. The monoisotopic (exact) mass is 512 g/mol. The number of aliphatic hydroxyl groups excluding tert-OH is 1. The van der Waals surface area contributed by atoms with Crippen LogP contribution in [0.5, 0.6) is 5.75 Å². The minimum absolute atomic E-state index is 0.0140. The van der Waals surface area contributed by atoms with Crippen LogP contribution in [0.1, 0.15) is 42.1 Å². The summed E-state index contributed by atoms with van der Waals surface area (Å²) < 4.78 is 0. The van der Waals surface area contributed by atoms with Gasteiger partial charge in [-0.3, -0.25) is 9.59 Å². The molecule has 192 valence electrons. The Kier molecular flexibility index (Phi) is 8.64. The van der Waals surface area contributed by atoms with Crippen LogP contribution >= 0.6 is 11.6 Å². The number of carbonyl (C=O) groups excluding carboxylic acids is 1. The highest BCUT2D eigenvalue weighted by Gasteiger charge is 2.21. The summed E-state index contributed by atoms with van der Waals surface area (Å²) in [6.07, 6.45) is 1.52. The number of aryl methyl sites for hydroxylation is 1. The largest absolute Gasteiger partial charge is 0.506 e. The molecule has 1 unspecified atom stereocenters. The van der Waals surface area contributed by atoms with Gasteiger partial charge in [0.1, 0.15) is 5.75 Å². The van der Waals surface area contributed by atoms with Crippen molar-refractivity contribution in [3.8, 4) is 5.75 Å². The van der Waals surface area contributed by atoms with Gasteiger partial charge in [0, 0.05) is 48.6 Å². The molecule has 2 aromatic carbocycles. The highest BCUT2D eigenvalue weighted by Crippen LogP contribution is 2.28. The molecule has 3 aromatic rings. The fraction of sp³-hybridized carbons (Fsp3) is 0.407. The van der Waals surface area contributed by atoms with Crippen molar-refractivity contribution in [2.45, 2.75) is 44.9 Å². The van der Waals surface area contributed by atoms with Crippen molar-refractivity contribution in [3.05, 3.63) is 74.5 Å². The molecule has 5 N–H and O–H groups in total. The SMILES string of the molecule is Cc1cccc(Cl)c1CNC(=O)CCN1CCC(NCC(O)c2ccc(O)c3[nH]c(=O)ccc23)CC1. The fourth-order valence-electron chi connectivity index (χ4n) is 4.72. The molecule has 1 aliphatic rings. The molecule has 1 amide bonds. The highest BCUT2D eigenvalue weighted by atomic mass is 35.5. The predicted molar refractivity (Wildman–Crippen MR) is 141 cm³/mol. The van der Waals surface area contributed by atoms with E-state index >= 15 is 0 Å². The Morgan fingerprint density at radius 1 is 1.19 bits per heavy atom. The molecule has 1 fully saturated rings. The quantitative estimate of drug-likeness (QED) is 0.301. The average molecular weight is 513 g/mol. The number of nitrogens with zero attached hydrogens (tertiary/aromatic N) is 1. The van der Waals surface area contributed by atoms with E-state index in [1.165, 1.54) is 12.1 Å². The summed E-state index contributed by atoms with van der Waals surface area (Å²) in [7, 11) is 0. The van der Waals surface area contributed by atoms with Crippen LogP contribution in [0.3, 0.4) is 0 Å². The second-order valence-corrected chi connectivity index (χ2v) is 9.79. The van der Waals surface area contributed by atoms with Gasteiger partial charge in [-0.2, -0.15) is 0 Å². The van der Waals surface area contributed by atoms with Gasteiger partial charge in [0.2, 0.25) is 11.5 Å². The number of amides is 1. The lowest BCUT2D eigenvalue weighted by atomic mass is 10.0. The molecule has 1 saturated heterocycles. The maximum Gasteiger partial charge on any atom is 0.248 e. The molecule has 0 saturated carbocycles. The standard InChI is InChI=1S/C27H33ClN4O4/c1-17-3-2-4-22(28)21(17)15-30-25(35)11-14-32-12-9-18(10-13-32)29-16-24(34)19-5-7-23(33)27-20(19)6-8-26(36)31-27/h2-8,18,24,29,33-34H,9-16H2,1H3,(H,30,35)(H,31,36). The number of piperidine rings is 1. The summed E-state index contributed by atoms with van der Waals surface area (Å²) in [6.45, 7) is 5.26. The van der Waals surface area contributed by atoms with Gasteiger partial charge in [-0.25, -0.2) is 0 Å². The molecule has 4 rings (SSSR count). The van der Waals surface area contributed by atoms with Crippen molar-refractivity contribution in [2.75, 3.05) is 26.2 Å². The van der Waals surface area contributed by atoms with Gasteiger partial charge in [-0.15, -0.1) is 0 Å². The van der Waals surface area contributed by atoms with E-state index in [9.17, 15) is 19.8 Å². The maximum atomic E-state index is 12.3. The number of aromatic nitrogens is 1. The zero-order chi connectivity index (χ0) is 25.7. The average Bonchev–Trinajstić information content (AvgIpc) is 2.87. The summed E-state index contributed by atoms with van der Waals surface area (Å²) in [5.41, 5.74) is 2.70. The molecule has 0 radical (unpaired) electrons. The fourth-order valence-corrected chi connectivity index (χ4v) is 5.01. The number of likely N-dealkylation sites (tertiary alicyclic amines) is 1. The lowest BCUT2D eigenvalue weighted by molar-refractivity contribution is -0.121. The lowest BCUT2D eigenvalue weighted by Crippen LogP contribution is -2.44. The third kappa shape index (κ3) is 6.44. The molecule has 0 aliphatic carbocycles. The highest BCUT2D eigenvalue weighted by molar-refractivity contribution is 6.31. The van der Waals surface area contributed by atoms with Crippen LogP contribution in [0.25, 0.3) is 10.9 Å². The Morgan fingerprint density at radius 2 is 1.97 bits per heavy atom. The van der Waals surface area contributed by atoms with Gasteiger partial charge >= 0.3 is 0 Å². The Labute approximate surface area is 215 Å². The second kappa shape index (κ2) is 11.9. The Bertz CT molecular complexity index is 1250. The van der Waals surface area contributed by atoms with E-state index in [1.54, 1.807) is 12.1 Å². The maximum absolute atomic E-state index is 12.3. The number of phenols is 1. The number of aromatic amines is 1. The van der Waals surface area contributed by atoms with Crippen LogP contribution in [-0.4, -0.2) is 58.2 Å². The topological polar surface area (TPSA) is 118 Å². The molecule has 9 heteroatoms. The summed E-state index contributed by atoms with van der Waals surface area (Å²) in [5.74, 6) is -0.00759. The van der Waals surface area contributed by atoms with Crippen LogP contribution in [0, 0.1) is 6.92 Å². The normalized spacial score (nSPS) is 15.8. The summed E-state index contributed by atoms with van der Waals surface area (Å²) in [6, 6.07) is 12.2. The number of hydrogen-bond donors (Lipinski definition) is 5. The van der Waals surface area contributed by atoms with Crippen LogP contribution in [0.4, 0.5) is 0 Å². The number of rotatable bonds is 9. The molecular formula is C27H33ClN4O4. The minimum Gasteiger partial charge on any atom is -0.506 e. The van der Waals surface area contributed by atoms with E-state index in [0.717, 1.165) is 37.1 Å². The molecule has 2 heterocycles. The van der Waals surface area contributed by atoms with Gasteiger partial charge in [0.05, 0.1) is 11.6 Å². The van der Waals surface area contributed by atoms with E-state index < -0.39 is 6.10 Å². The van der Waals surface area contributed by atoms with Crippen molar-refractivity contribution in [3.63, 3.8) is 0 Å². The van der Waals surface area contributed by atoms with Gasteiger partial charge in [-0.05, 0) is 67.7 Å². The third-order valence-electron chi connectivity index (χ3n) is 6.92. The van der Waals surface area contributed by atoms with Crippen molar-refractivity contribution < 1.29 is 15.0 Å². The third-order valence-corrected chi connectivity index (χ3v) is 7.28. The van der Waals surface area contributed by atoms with Gasteiger partial charge in [0.25, 0.3) is 0 Å². The zero-order valence-electron chi connectivity index (χ0n) is 20.4. The molecule has 1 atom stereocenters. The van der Waals surface area contributed by atoms with Crippen molar-refractivity contribution in [1.29, 1.82) is 0 Å². The number of carbonyl (C=O) groups is 1. The molecule has 36 heavy (non-hydrogen) atoms. The first-order valence-electron chi connectivity index (χ1n) is 12.3. The molecule has 1 aromatic heterocycles. The van der Waals surface area contributed by atoms with Gasteiger partial charge < -0.3 is 30.7 Å². The molecule has 1 aliphatic heterocycles. The lowest BCUT2D eigenvalue weighted by Gasteiger charge is -2.32. The Balaban J connectivity index is 1.19. The number of aliphatic hydroxyl groups is 1. The van der Waals surface area contributed by atoms with E-state index in [0.29, 0.717) is 47.5 Å². The smallest absolute Gasteiger partial charge is 0.248 e. The van der Waals surface area contributed by atoms with E-state index in [-0.39, 0.29) is 23.3 Å². The van der Waals surface area contributed by atoms with Crippen molar-refractivity contribution in [1.82, 2.24) is 20.5 Å². The van der Waals surface area contributed by atoms with Crippen LogP contribution in [0.2, 0.25) is 5.02 Å². The second-order valence-electron chi connectivity index (χ2n) is 9.39. The van der Waals surface area contributed by atoms with Crippen LogP contribution < -0.4 is 16.2 Å². The van der Waals surface area contributed by atoms with Crippen LogP contribution in [0.15, 0.2) is 47.3 Å². The molecule has 0 bridgehead atoms. The number of nitrogens with one attached hydrogen (secondary N) is 3. The number of benzene rings is 2. The van der Waals surface area contributed by atoms with E-state index in [4.69, 9.17) is 11.6 Å². The Hall–Kier alpha value is -2.91. The first-order chi connectivity index (χ1) is 17.3. The van der Waals surface area contributed by atoms with Crippen molar-refractivity contribution in [2.24, 2.45) is 0 Å². The summed E-state index contributed by atoms with van der Waals surface area (Å²) in [4.78, 5) is 28.9. The predicted octanol–water partition coefficient (Wildman–Crippen LogP) is 2.99. The number of H-pyrrole nitrogens is 1. The first kappa shape index (κ1) is 26.2. The van der Waals surface area contributed by atoms with Crippen molar-refractivity contribution >= 4 is 28.4 Å². The van der Waals surface area contributed by atoms with E-state index in [1.807, 2.05) is 25.1 Å². The number of phenolic OH excluding ortho intramolecular Hbond substituents is 1. The number of fused-ring (bicyclic) bond motifs is 1. The summed E-state index contributed by atoms with van der Waals surface area (Å²) >= 11 is 6.24. The summed E-state index contributed by atoms with van der Waals surface area (Å²) in [5, 5.41) is 28.5. The molecular weight excluding hydrogens is 480 g/mol. The minimum atomic E-state index is -0.775. The van der Waals surface area contributed by atoms with E-state index in [2.05, 4.69) is 20.5 Å². The first-order valence-corrected chi connectivity index (χ1v) is 12.7. The number of pyridine rings is 1. The molecule has 8 nitrogen and oxygen atoms in total. The van der Waals surface area contributed by atoms with Gasteiger partial charge in [0.15, 0.2) is 0 Å². The molecule has 0 spiro atoms. The van der Waals surface area contributed by atoms with Gasteiger partial charge in [-0.1, -0.05) is 29.8 Å². The Morgan fingerprint density at radius 3 is 2.72 bits per heavy atom. The number of halogens is 1.